The number of hydrogen-bond donors (Lipinski definition) is 0. The van der Waals surface area contributed by atoms with Gasteiger partial charge in [0.05, 0.1) is 0 Å². The van der Waals surface area contributed by atoms with Gasteiger partial charge in [-0.15, -0.1) is 0 Å². The van der Waals surface area contributed by atoms with Gasteiger partial charge in [-0.05, 0) is 24.7 Å². The van der Waals surface area contributed by atoms with Crippen LogP contribution in [0, 0.1) is 11.8 Å². The molecule has 0 saturated heterocycles. The van der Waals surface area contributed by atoms with Gasteiger partial charge in [-0.25, -0.2) is 0 Å². The molecule has 2 atom stereocenters. The largest absolute Gasteiger partial charge is 0.277 e. The minimum absolute atomic E-state index is 0.661. The summed E-state index contributed by atoms with van der Waals surface area (Å²) < 4.78 is 0. The van der Waals surface area contributed by atoms with Crippen LogP contribution in [0.4, 0.5) is 0 Å². The van der Waals surface area contributed by atoms with E-state index in [-0.39, 0.29) is 0 Å². The molecule has 0 aromatic carbocycles. The second kappa shape index (κ2) is 4.29. The van der Waals surface area contributed by atoms with Crippen LogP contribution in [-0.2, 0) is 0 Å². The van der Waals surface area contributed by atoms with Gasteiger partial charge in [-0.1, -0.05) is 19.9 Å². The van der Waals surface area contributed by atoms with Crippen molar-refractivity contribution in [1.82, 2.24) is 5.01 Å². The topological polar surface area (TPSA) is 15.6 Å². The van der Waals surface area contributed by atoms with Crippen LogP contribution in [0.15, 0.2) is 17.4 Å². The molecule has 0 aromatic rings. The molecule has 0 aromatic heterocycles. The summed E-state index contributed by atoms with van der Waals surface area (Å²) in [4.78, 5) is 0. The fourth-order valence-electron chi connectivity index (χ4n) is 1.28. The lowest BCUT2D eigenvalue weighted by molar-refractivity contribution is 0.432. The molecule has 2 nitrogen and oxygen atoms in total. The molecular weight excluding hydrogens is 148 g/mol. The van der Waals surface area contributed by atoms with Gasteiger partial charge in [0.1, 0.15) is 0 Å². The molecule has 0 bridgehead atoms. The average molecular weight is 166 g/mol. The van der Waals surface area contributed by atoms with Crippen molar-refractivity contribution >= 4 is 6.21 Å². The molecule has 1 rings (SSSR count). The summed E-state index contributed by atoms with van der Waals surface area (Å²) in [5, 5.41) is 6.10. The zero-order valence-corrected chi connectivity index (χ0v) is 8.20. The van der Waals surface area contributed by atoms with E-state index in [1.54, 1.807) is 0 Å². The molecule has 1 aliphatic rings. The fourth-order valence-corrected chi connectivity index (χ4v) is 1.28. The van der Waals surface area contributed by atoms with E-state index in [9.17, 15) is 0 Å². The molecule has 0 spiro atoms. The molecule has 0 fully saturated rings. The van der Waals surface area contributed by atoms with Crippen LogP contribution < -0.4 is 0 Å². The van der Waals surface area contributed by atoms with E-state index in [2.05, 4.69) is 25.0 Å². The van der Waals surface area contributed by atoms with E-state index in [1.807, 2.05) is 24.5 Å². The fraction of sp³-hybridized carbons (Fsp3) is 0.700. The van der Waals surface area contributed by atoms with Crippen LogP contribution in [0.25, 0.3) is 0 Å². The minimum Gasteiger partial charge on any atom is -0.277 e. The van der Waals surface area contributed by atoms with Crippen LogP contribution >= 0.6 is 0 Å². The first kappa shape index (κ1) is 9.30. The Morgan fingerprint density at radius 2 is 2.17 bits per heavy atom. The van der Waals surface area contributed by atoms with Gasteiger partial charge in [0.15, 0.2) is 0 Å². The van der Waals surface area contributed by atoms with Crippen LogP contribution in [0.5, 0.6) is 0 Å². The molecule has 1 heterocycles. The first-order chi connectivity index (χ1) is 5.70. The minimum atomic E-state index is 0.661. The summed E-state index contributed by atoms with van der Waals surface area (Å²) in [5.41, 5.74) is 0. The molecule has 1 unspecified atom stereocenters. The molecule has 1 aliphatic heterocycles. The SMILES string of the molecule is CC1/C=C\N(C)/N=C\CC[C@@H]1C. The summed E-state index contributed by atoms with van der Waals surface area (Å²) in [6.07, 6.45) is 8.61. The van der Waals surface area contributed by atoms with Crippen molar-refractivity contribution in [1.29, 1.82) is 0 Å². The quantitative estimate of drug-likeness (QED) is 0.540. The van der Waals surface area contributed by atoms with Gasteiger partial charge in [-0.2, -0.15) is 5.10 Å². The lowest BCUT2D eigenvalue weighted by Crippen LogP contribution is -2.05. The van der Waals surface area contributed by atoms with Crippen molar-refractivity contribution in [2.24, 2.45) is 16.9 Å². The molecule has 0 radical (unpaired) electrons. The highest BCUT2D eigenvalue weighted by Gasteiger charge is 2.09. The van der Waals surface area contributed by atoms with E-state index in [1.165, 1.54) is 6.42 Å². The van der Waals surface area contributed by atoms with Crippen molar-refractivity contribution in [3.8, 4) is 0 Å². The number of hydrazone groups is 1. The smallest absolute Gasteiger partial charge is 0.0296 e. The van der Waals surface area contributed by atoms with Gasteiger partial charge in [-0.3, -0.25) is 5.01 Å². The van der Waals surface area contributed by atoms with Gasteiger partial charge >= 0.3 is 0 Å². The Kier molecular flexibility index (Phi) is 3.32. The first-order valence-corrected chi connectivity index (χ1v) is 4.63. The normalized spacial score (nSPS) is 36.4. The molecule has 68 valence electrons. The third-order valence-electron chi connectivity index (χ3n) is 2.52. The second-order valence-corrected chi connectivity index (χ2v) is 3.63. The van der Waals surface area contributed by atoms with E-state index in [0.717, 1.165) is 12.3 Å². The lowest BCUT2D eigenvalue weighted by Gasteiger charge is -2.14. The summed E-state index contributed by atoms with van der Waals surface area (Å²) in [5.74, 6) is 1.42. The van der Waals surface area contributed by atoms with E-state index in [4.69, 9.17) is 0 Å². The van der Waals surface area contributed by atoms with Gasteiger partial charge in [0, 0.05) is 19.5 Å². The highest BCUT2D eigenvalue weighted by Crippen LogP contribution is 2.18. The highest BCUT2D eigenvalue weighted by molar-refractivity contribution is 5.56. The predicted octanol–water partition coefficient (Wildman–Crippen LogP) is 2.48. The third-order valence-corrected chi connectivity index (χ3v) is 2.52. The van der Waals surface area contributed by atoms with Crippen LogP contribution in [0.2, 0.25) is 0 Å². The molecule has 12 heavy (non-hydrogen) atoms. The Bertz CT molecular complexity index is 184. The highest BCUT2D eigenvalue weighted by atomic mass is 15.4. The average Bonchev–Trinajstić information content (AvgIpc) is 2.11. The number of hydrogen-bond acceptors (Lipinski definition) is 2. The lowest BCUT2D eigenvalue weighted by atomic mass is 9.92. The van der Waals surface area contributed by atoms with Crippen molar-refractivity contribution in [2.75, 3.05) is 7.05 Å². The maximum absolute atomic E-state index is 4.23. The zero-order chi connectivity index (χ0) is 8.97. The summed E-state index contributed by atoms with van der Waals surface area (Å²) in [6.45, 7) is 4.56. The van der Waals surface area contributed by atoms with E-state index in [0.29, 0.717) is 5.92 Å². The van der Waals surface area contributed by atoms with Crippen molar-refractivity contribution in [3.05, 3.63) is 12.3 Å². The Balaban J connectivity index is 2.62. The molecule has 0 N–H and O–H groups in total. The van der Waals surface area contributed by atoms with E-state index >= 15 is 0 Å². The Hall–Kier alpha value is -0.790. The van der Waals surface area contributed by atoms with Crippen LogP contribution in [-0.4, -0.2) is 18.3 Å². The number of nitrogens with zero attached hydrogens (tertiary/aromatic N) is 2. The molecule has 0 amide bonds. The summed E-state index contributed by atoms with van der Waals surface area (Å²) in [7, 11) is 1.97. The summed E-state index contributed by atoms with van der Waals surface area (Å²) in [6, 6.07) is 0. The van der Waals surface area contributed by atoms with Gasteiger partial charge in [0.2, 0.25) is 0 Å². The molecular formula is C10H18N2. The van der Waals surface area contributed by atoms with Crippen molar-refractivity contribution < 1.29 is 0 Å². The number of rotatable bonds is 0. The zero-order valence-electron chi connectivity index (χ0n) is 8.20. The standard InChI is InChI=1S/C10H18N2/c1-9-5-4-7-11-12(3)8-6-10(9)2/h6-10H,4-5H2,1-3H3/b8-6-,11-7-/t9-,10?/m0/s1. The third kappa shape index (κ3) is 2.68. The Labute approximate surface area is 75.0 Å². The maximum Gasteiger partial charge on any atom is 0.0296 e. The van der Waals surface area contributed by atoms with Crippen LogP contribution in [0.3, 0.4) is 0 Å². The van der Waals surface area contributed by atoms with Crippen molar-refractivity contribution in [2.45, 2.75) is 26.7 Å². The monoisotopic (exact) mass is 166 g/mol. The Morgan fingerprint density at radius 3 is 2.92 bits per heavy atom. The van der Waals surface area contributed by atoms with E-state index < -0.39 is 0 Å². The predicted molar refractivity (Wildman–Crippen MR) is 53.0 cm³/mol. The summed E-state index contributed by atoms with van der Waals surface area (Å²) >= 11 is 0. The first-order valence-electron chi connectivity index (χ1n) is 4.63. The Morgan fingerprint density at radius 1 is 1.42 bits per heavy atom. The number of allylic oxidation sites excluding steroid dienone is 1. The molecule has 2 heteroatoms. The van der Waals surface area contributed by atoms with Crippen molar-refractivity contribution in [3.63, 3.8) is 0 Å². The maximum atomic E-state index is 4.23. The van der Waals surface area contributed by atoms with Crippen LogP contribution in [0.1, 0.15) is 26.7 Å². The second-order valence-electron chi connectivity index (χ2n) is 3.63. The van der Waals surface area contributed by atoms with Gasteiger partial charge < -0.3 is 0 Å². The molecule has 0 saturated carbocycles. The van der Waals surface area contributed by atoms with Gasteiger partial charge in [0.25, 0.3) is 0 Å². The molecule has 0 aliphatic carbocycles.